The van der Waals surface area contributed by atoms with Gasteiger partial charge in [-0.3, -0.25) is 9.82 Å². The van der Waals surface area contributed by atoms with E-state index in [0.717, 1.165) is 28.4 Å². The lowest BCUT2D eigenvalue weighted by Crippen LogP contribution is -2.16. The first-order valence-corrected chi connectivity index (χ1v) is 13.0. The molecule has 1 heterocycles. The second kappa shape index (κ2) is 8.36. The summed E-state index contributed by atoms with van der Waals surface area (Å²) in [4.78, 5) is -0.580. The number of aromatic amines is 1. The van der Waals surface area contributed by atoms with Gasteiger partial charge in [-0.05, 0) is 60.9 Å². The number of fused-ring (bicyclic) bond motifs is 1. The number of aromatic nitrogens is 2. The summed E-state index contributed by atoms with van der Waals surface area (Å²) in [7, 11) is -7.88. The summed E-state index contributed by atoms with van der Waals surface area (Å²) in [6.07, 6.45) is 2.17. The molecule has 0 aliphatic carbocycles. The normalized spacial score (nSPS) is 12.2. The molecule has 0 saturated heterocycles. The molecule has 0 amide bonds. The topological polar surface area (TPSA) is 109 Å². The van der Waals surface area contributed by atoms with Crippen LogP contribution in [0.3, 0.4) is 0 Å². The number of rotatable bonds is 7. The van der Waals surface area contributed by atoms with Crippen LogP contribution in [0, 0.1) is 5.82 Å². The number of sulfone groups is 1. The van der Waals surface area contributed by atoms with Gasteiger partial charge in [0.25, 0.3) is 10.0 Å². The Balaban J connectivity index is 1.62. The smallest absolute Gasteiger partial charge is 0.263 e. The fraction of sp³-hybridized carbons (Fsp3) is 0.136. The fourth-order valence-electron chi connectivity index (χ4n) is 3.42. The van der Waals surface area contributed by atoms with Crippen molar-refractivity contribution in [3.63, 3.8) is 0 Å². The molecule has 2 N–H and O–H groups in total. The van der Waals surface area contributed by atoms with E-state index in [1.54, 1.807) is 30.3 Å². The number of nitrogens with zero attached hydrogens (tertiary/aromatic N) is 1. The van der Waals surface area contributed by atoms with Crippen LogP contribution in [0.25, 0.3) is 10.9 Å². The quantitative estimate of drug-likeness (QED) is 0.426. The lowest BCUT2D eigenvalue weighted by molar-refractivity contribution is 0.588. The standard InChI is InChI=1S/C22H20FN3O4S2/c1-31(27,28)21-4-2-3-5-22(21)32(29,30)26-17-11-13-20-18(14-17)19(24-25-20)12-8-15-6-9-16(23)10-7-15/h2-7,9-11,13-14,26H,8,12H2,1H3,(H,24,25). The zero-order chi connectivity index (χ0) is 22.9. The number of aryl methyl sites for hydroxylation is 2. The number of nitrogens with one attached hydrogen (secondary N) is 2. The lowest BCUT2D eigenvalue weighted by Gasteiger charge is -2.11. The number of benzene rings is 3. The predicted molar refractivity (Wildman–Crippen MR) is 120 cm³/mol. The Morgan fingerprint density at radius 1 is 0.906 bits per heavy atom. The molecule has 0 saturated carbocycles. The van der Waals surface area contributed by atoms with Gasteiger partial charge >= 0.3 is 0 Å². The highest BCUT2D eigenvalue weighted by Crippen LogP contribution is 2.26. The summed E-state index contributed by atoms with van der Waals surface area (Å²) >= 11 is 0. The highest BCUT2D eigenvalue weighted by Gasteiger charge is 2.23. The van der Waals surface area contributed by atoms with Crippen LogP contribution in [0.5, 0.6) is 0 Å². The maximum absolute atomic E-state index is 13.1. The second-order valence-electron chi connectivity index (χ2n) is 7.38. The van der Waals surface area contributed by atoms with Gasteiger partial charge in [-0.2, -0.15) is 5.10 Å². The SMILES string of the molecule is CS(=O)(=O)c1ccccc1S(=O)(=O)Nc1ccc2[nH]nc(CCc3ccc(F)cc3)c2c1. The molecule has 0 aliphatic rings. The first kappa shape index (κ1) is 22.0. The van der Waals surface area contributed by atoms with Crippen LogP contribution in [-0.2, 0) is 32.7 Å². The molecule has 4 rings (SSSR count). The zero-order valence-electron chi connectivity index (χ0n) is 17.0. The molecule has 0 atom stereocenters. The molecule has 0 spiro atoms. The first-order valence-electron chi connectivity index (χ1n) is 9.67. The number of H-pyrrole nitrogens is 1. The van der Waals surface area contributed by atoms with E-state index in [9.17, 15) is 21.2 Å². The van der Waals surface area contributed by atoms with Gasteiger partial charge in [0.2, 0.25) is 0 Å². The summed E-state index contributed by atoms with van der Waals surface area (Å²) in [5.74, 6) is -0.298. The van der Waals surface area contributed by atoms with Crippen molar-refractivity contribution in [2.45, 2.75) is 22.6 Å². The van der Waals surface area contributed by atoms with Gasteiger partial charge in [0.05, 0.1) is 16.1 Å². The van der Waals surface area contributed by atoms with Crippen LogP contribution in [0.2, 0.25) is 0 Å². The van der Waals surface area contributed by atoms with E-state index >= 15 is 0 Å². The van der Waals surface area contributed by atoms with E-state index in [4.69, 9.17) is 0 Å². The van der Waals surface area contributed by atoms with Gasteiger partial charge in [0.1, 0.15) is 10.7 Å². The van der Waals surface area contributed by atoms with Gasteiger partial charge in [-0.1, -0.05) is 24.3 Å². The monoisotopic (exact) mass is 473 g/mol. The molecule has 10 heteroatoms. The summed E-state index contributed by atoms with van der Waals surface area (Å²) in [5.41, 5.74) is 2.71. The van der Waals surface area contributed by atoms with E-state index in [-0.39, 0.29) is 21.3 Å². The van der Waals surface area contributed by atoms with Crippen LogP contribution in [0.15, 0.2) is 76.5 Å². The van der Waals surface area contributed by atoms with Crippen molar-refractivity contribution in [3.8, 4) is 0 Å². The third kappa shape index (κ3) is 4.66. The van der Waals surface area contributed by atoms with Crippen LogP contribution < -0.4 is 4.72 Å². The first-order chi connectivity index (χ1) is 15.1. The molecule has 1 aromatic heterocycles. The predicted octanol–water partition coefficient (Wildman–Crippen LogP) is 3.69. The zero-order valence-corrected chi connectivity index (χ0v) is 18.7. The maximum Gasteiger partial charge on any atom is 0.263 e. The Hall–Kier alpha value is -3.24. The largest absolute Gasteiger partial charge is 0.280 e. The number of anilines is 1. The van der Waals surface area contributed by atoms with Crippen LogP contribution in [0.1, 0.15) is 11.3 Å². The van der Waals surface area contributed by atoms with E-state index in [1.807, 2.05) is 0 Å². The molecular weight excluding hydrogens is 453 g/mol. The minimum Gasteiger partial charge on any atom is -0.280 e. The molecule has 0 bridgehead atoms. The van der Waals surface area contributed by atoms with E-state index in [1.165, 1.54) is 36.4 Å². The van der Waals surface area contributed by atoms with Gasteiger partial charge in [-0.25, -0.2) is 21.2 Å². The van der Waals surface area contributed by atoms with Crippen LogP contribution in [0.4, 0.5) is 10.1 Å². The van der Waals surface area contributed by atoms with Crippen molar-refractivity contribution >= 4 is 36.5 Å². The highest BCUT2D eigenvalue weighted by atomic mass is 32.2. The maximum atomic E-state index is 13.1. The Bertz CT molecular complexity index is 1500. The molecule has 0 unspecified atom stereocenters. The number of sulfonamides is 1. The summed E-state index contributed by atoms with van der Waals surface area (Å²) in [6, 6.07) is 16.6. The molecule has 0 radical (unpaired) electrons. The number of hydrogen-bond acceptors (Lipinski definition) is 5. The van der Waals surface area contributed by atoms with Crippen LogP contribution in [-0.4, -0.2) is 33.3 Å². The van der Waals surface area contributed by atoms with Crippen molar-refractivity contribution in [3.05, 3.63) is 83.8 Å². The van der Waals surface area contributed by atoms with Gasteiger partial charge in [0.15, 0.2) is 9.84 Å². The Morgan fingerprint density at radius 3 is 2.28 bits per heavy atom. The molecule has 4 aromatic rings. The Morgan fingerprint density at radius 2 is 1.59 bits per heavy atom. The molecule has 0 fully saturated rings. The second-order valence-corrected chi connectivity index (χ2v) is 11.0. The van der Waals surface area contributed by atoms with Crippen molar-refractivity contribution in [1.82, 2.24) is 10.2 Å². The molecule has 7 nitrogen and oxygen atoms in total. The van der Waals surface area contributed by atoms with Gasteiger partial charge in [0, 0.05) is 17.3 Å². The molecular formula is C22H20FN3O4S2. The summed E-state index contributed by atoms with van der Waals surface area (Å²) in [6.45, 7) is 0. The summed E-state index contributed by atoms with van der Waals surface area (Å²) in [5, 5.41) is 7.97. The Kier molecular flexibility index (Phi) is 5.74. The molecule has 32 heavy (non-hydrogen) atoms. The van der Waals surface area contributed by atoms with E-state index in [2.05, 4.69) is 14.9 Å². The van der Waals surface area contributed by atoms with Crippen molar-refractivity contribution < 1.29 is 21.2 Å². The lowest BCUT2D eigenvalue weighted by atomic mass is 10.1. The van der Waals surface area contributed by atoms with Gasteiger partial charge in [-0.15, -0.1) is 0 Å². The highest BCUT2D eigenvalue weighted by molar-refractivity contribution is 7.95. The van der Waals surface area contributed by atoms with Crippen molar-refractivity contribution in [2.75, 3.05) is 11.0 Å². The van der Waals surface area contributed by atoms with Crippen molar-refractivity contribution in [1.29, 1.82) is 0 Å². The molecule has 0 aliphatic heterocycles. The Labute approximate surface area is 185 Å². The minimum absolute atomic E-state index is 0.267. The number of halogens is 1. The van der Waals surface area contributed by atoms with Gasteiger partial charge < -0.3 is 0 Å². The van der Waals surface area contributed by atoms with E-state index < -0.39 is 19.9 Å². The van der Waals surface area contributed by atoms with E-state index in [0.29, 0.717) is 12.8 Å². The summed E-state index contributed by atoms with van der Waals surface area (Å²) < 4.78 is 65.5. The average molecular weight is 474 g/mol. The molecule has 3 aromatic carbocycles. The third-order valence-electron chi connectivity index (χ3n) is 5.00. The fourth-order valence-corrected chi connectivity index (χ4v) is 6.11. The number of hydrogen-bond donors (Lipinski definition) is 2. The molecule has 166 valence electrons. The van der Waals surface area contributed by atoms with Crippen LogP contribution >= 0.6 is 0 Å². The minimum atomic E-state index is -4.15. The average Bonchev–Trinajstić information content (AvgIpc) is 3.15. The van der Waals surface area contributed by atoms with Crippen molar-refractivity contribution in [2.24, 2.45) is 0 Å². The third-order valence-corrected chi connectivity index (χ3v) is 7.72.